The number of ether oxygens (including phenoxy) is 2. The number of nitrogens with zero attached hydrogens (tertiary/aromatic N) is 2. The summed E-state index contributed by atoms with van der Waals surface area (Å²) in [6.45, 7) is 2.50. The Labute approximate surface area is 236 Å². The highest BCUT2D eigenvalue weighted by Crippen LogP contribution is 2.42. The van der Waals surface area contributed by atoms with Crippen molar-refractivity contribution in [2.75, 3.05) is 27.8 Å². The number of aromatic nitrogens is 1. The van der Waals surface area contributed by atoms with E-state index in [4.69, 9.17) is 9.47 Å². The van der Waals surface area contributed by atoms with Gasteiger partial charge in [-0.2, -0.15) is 0 Å². The quantitative estimate of drug-likeness (QED) is 0.163. The van der Waals surface area contributed by atoms with Gasteiger partial charge in [-0.3, -0.25) is 0 Å². The summed E-state index contributed by atoms with van der Waals surface area (Å²) in [4.78, 5) is 16.6. The first-order valence-corrected chi connectivity index (χ1v) is 13.3. The van der Waals surface area contributed by atoms with E-state index >= 15 is 0 Å². The maximum Gasteiger partial charge on any atom is 0.340 e. The van der Waals surface area contributed by atoms with Crippen LogP contribution < -0.4 is 4.74 Å². The molecule has 6 nitrogen and oxygen atoms in total. The highest BCUT2D eigenvalue weighted by molar-refractivity contribution is 9.10. The van der Waals surface area contributed by atoms with Gasteiger partial charge in [0.05, 0.1) is 29.3 Å². The molecule has 196 valence electrons. The molecule has 0 aliphatic rings. The molecule has 0 fully saturated rings. The van der Waals surface area contributed by atoms with Crippen LogP contribution in [0.2, 0.25) is 0 Å². The molecule has 0 saturated carbocycles. The van der Waals surface area contributed by atoms with Crippen molar-refractivity contribution in [3.8, 4) is 17.2 Å². The van der Waals surface area contributed by atoms with Crippen LogP contribution in [0, 0.1) is 0 Å². The maximum atomic E-state index is 13.5. The second kappa shape index (κ2) is 12.7. The maximum absolute atomic E-state index is 13.5. The topological polar surface area (TPSA) is 63.9 Å². The summed E-state index contributed by atoms with van der Waals surface area (Å²) in [5.41, 5.74) is 3.65. The van der Waals surface area contributed by atoms with E-state index in [2.05, 4.69) is 32.6 Å². The molecule has 0 aliphatic heterocycles. The molecule has 3 aromatic carbocycles. The Bertz CT molecular complexity index is 1380. The number of thioether (sulfide) groups is 1. The molecule has 1 N–H and O–H groups in total. The number of fused-ring (bicyclic) bond motifs is 1. The van der Waals surface area contributed by atoms with Gasteiger partial charge in [-0.15, -0.1) is 24.2 Å². The number of phenolic OH excluding ortho intramolecular Hbond substituents is 1. The third-order valence-electron chi connectivity index (χ3n) is 5.79. The molecule has 4 aromatic rings. The Balaban J connectivity index is 0.00000380. The normalized spacial score (nSPS) is 11.0. The lowest BCUT2D eigenvalue weighted by Gasteiger charge is -2.15. The first-order chi connectivity index (χ1) is 17.3. The fourth-order valence-corrected chi connectivity index (χ4v) is 5.64. The number of benzene rings is 3. The van der Waals surface area contributed by atoms with Crippen molar-refractivity contribution >= 4 is 57.0 Å². The average molecular weight is 606 g/mol. The Morgan fingerprint density at radius 3 is 2.38 bits per heavy atom. The lowest BCUT2D eigenvalue weighted by atomic mass is 10.0. The van der Waals surface area contributed by atoms with E-state index in [9.17, 15) is 9.90 Å². The lowest BCUT2D eigenvalue weighted by molar-refractivity contribution is 0.0527. The number of hydrogen-bond donors (Lipinski definition) is 1. The number of methoxy groups -OCH3 is 1. The van der Waals surface area contributed by atoms with Crippen LogP contribution in [0.4, 0.5) is 0 Å². The van der Waals surface area contributed by atoms with Gasteiger partial charge >= 0.3 is 5.97 Å². The summed E-state index contributed by atoms with van der Waals surface area (Å²) in [6.07, 6.45) is 0. The minimum absolute atomic E-state index is 0. The SMILES string of the molecule is CCOC(=O)c1c(CSc2ccccc2)n(-c2ccc(OC)cc2)c2cc(Br)c(O)c(CN(C)C)c12.Cl. The Hall–Kier alpha value is -2.65. The molecule has 0 spiro atoms. The van der Waals surface area contributed by atoms with Crippen LogP contribution in [-0.4, -0.2) is 48.4 Å². The van der Waals surface area contributed by atoms with Crippen molar-refractivity contribution in [1.82, 2.24) is 9.47 Å². The lowest BCUT2D eigenvalue weighted by Crippen LogP contribution is -2.13. The summed E-state index contributed by atoms with van der Waals surface area (Å²) >= 11 is 5.19. The van der Waals surface area contributed by atoms with Crippen LogP contribution in [0.15, 0.2) is 70.0 Å². The fraction of sp³-hybridized carbons (Fsp3) is 0.250. The predicted octanol–water partition coefficient (Wildman–Crippen LogP) is 7.06. The fourth-order valence-electron chi connectivity index (χ4n) is 4.26. The first kappa shape index (κ1) is 28.9. The molecular weight excluding hydrogens is 576 g/mol. The molecule has 9 heteroatoms. The highest BCUT2D eigenvalue weighted by Gasteiger charge is 2.29. The van der Waals surface area contributed by atoms with Gasteiger partial charge in [0.2, 0.25) is 0 Å². The smallest absolute Gasteiger partial charge is 0.340 e. The van der Waals surface area contributed by atoms with E-state index in [-0.39, 0.29) is 24.8 Å². The average Bonchev–Trinajstić information content (AvgIpc) is 3.19. The number of carbonyl (C=O) groups excluding carboxylic acids is 1. The summed E-state index contributed by atoms with van der Waals surface area (Å²) in [7, 11) is 5.50. The monoisotopic (exact) mass is 604 g/mol. The largest absolute Gasteiger partial charge is 0.506 e. The van der Waals surface area contributed by atoms with Gasteiger partial charge in [-0.1, -0.05) is 18.2 Å². The molecule has 0 saturated heterocycles. The van der Waals surface area contributed by atoms with E-state index in [0.29, 0.717) is 33.3 Å². The second-order valence-corrected chi connectivity index (χ2v) is 10.4. The van der Waals surface area contributed by atoms with E-state index in [1.807, 2.05) is 67.5 Å². The molecule has 0 aliphatic carbocycles. The van der Waals surface area contributed by atoms with Gasteiger partial charge in [0.15, 0.2) is 0 Å². The number of esters is 1. The molecule has 0 atom stereocenters. The van der Waals surface area contributed by atoms with Crippen LogP contribution in [0.1, 0.15) is 28.5 Å². The zero-order valence-electron chi connectivity index (χ0n) is 21.2. The van der Waals surface area contributed by atoms with Crippen molar-refractivity contribution in [3.63, 3.8) is 0 Å². The molecule has 0 bridgehead atoms. The van der Waals surface area contributed by atoms with Crippen LogP contribution in [-0.2, 0) is 17.0 Å². The van der Waals surface area contributed by atoms with Crippen LogP contribution in [0.5, 0.6) is 11.5 Å². The Morgan fingerprint density at radius 1 is 1.11 bits per heavy atom. The molecule has 0 radical (unpaired) electrons. The predicted molar refractivity (Wildman–Crippen MR) is 156 cm³/mol. The number of rotatable bonds is 9. The third kappa shape index (κ3) is 6.09. The zero-order chi connectivity index (χ0) is 25.8. The molecular formula is C28H30BrClN2O4S. The van der Waals surface area contributed by atoms with Crippen molar-refractivity contribution in [3.05, 3.63) is 82.0 Å². The van der Waals surface area contributed by atoms with Gasteiger partial charge in [-0.25, -0.2) is 4.79 Å². The van der Waals surface area contributed by atoms with E-state index in [1.165, 1.54) is 0 Å². The molecule has 37 heavy (non-hydrogen) atoms. The van der Waals surface area contributed by atoms with E-state index in [1.54, 1.807) is 25.8 Å². The molecule has 4 rings (SSSR count). The summed E-state index contributed by atoms with van der Waals surface area (Å²) < 4.78 is 13.6. The van der Waals surface area contributed by atoms with Crippen molar-refractivity contribution < 1.29 is 19.4 Å². The first-order valence-electron chi connectivity index (χ1n) is 11.6. The van der Waals surface area contributed by atoms with Gasteiger partial charge in [-0.05, 0) is 79.4 Å². The number of phenols is 1. The molecule has 0 amide bonds. The summed E-state index contributed by atoms with van der Waals surface area (Å²) in [6, 6.07) is 19.7. The number of carbonyl (C=O) groups is 1. The Morgan fingerprint density at radius 2 is 1.78 bits per heavy atom. The van der Waals surface area contributed by atoms with Crippen molar-refractivity contribution in [2.24, 2.45) is 0 Å². The van der Waals surface area contributed by atoms with Crippen molar-refractivity contribution in [1.29, 1.82) is 0 Å². The molecule has 1 aromatic heterocycles. The van der Waals surface area contributed by atoms with E-state index < -0.39 is 5.97 Å². The Kier molecular flexibility index (Phi) is 9.95. The highest BCUT2D eigenvalue weighted by atomic mass is 79.9. The number of halogens is 2. The van der Waals surface area contributed by atoms with Gasteiger partial charge in [0.25, 0.3) is 0 Å². The standard InChI is InChI=1S/C28H29BrN2O4S.ClH/c1-5-35-28(33)26-24(17-36-20-9-7-6-8-10-20)31(18-11-13-19(34-4)14-12-18)23-15-22(29)27(32)21(25(23)26)16-30(2)3;/h6-15,32H,5,16-17H2,1-4H3;1H. The minimum Gasteiger partial charge on any atom is -0.506 e. The van der Waals surface area contributed by atoms with Crippen molar-refractivity contribution in [2.45, 2.75) is 24.1 Å². The van der Waals surface area contributed by atoms with Gasteiger partial charge in [0.1, 0.15) is 11.5 Å². The van der Waals surface area contributed by atoms with E-state index in [0.717, 1.165) is 27.5 Å². The number of aromatic hydroxyl groups is 1. The molecule has 0 unspecified atom stereocenters. The number of hydrogen-bond acceptors (Lipinski definition) is 6. The van der Waals surface area contributed by atoms with Gasteiger partial charge < -0.3 is 24.0 Å². The van der Waals surface area contributed by atoms with Gasteiger partial charge in [0, 0.05) is 39.5 Å². The minimum atomic E-state index is -0.403. The van der Waals surface area contributed by atoms with Crippen LogP contribution in [0.3, 0.4) is 0 Å². The second-order valence-electron chi connectivity index (χ2n) is 8.49. The zero-order valence-corrected chi connectivity index (χ0v) is 24.4. The summed E-state index contributed by atoms with van der Waals surface area (Å²) in [5, 5.41) is 11.8. The molecule has 1 heterocycles. The summed E-state index contributed by atoms with van der Waals surface area (Å²) in [5.74, 6) is 0.989. The van der Waals surface area contributed by atoms with Crippen LogP contribution in [0.25, 0.3) is 16.6 Å². The third-order valence-corrected chi connectivity index (χ3v) is 7.41. The van der Waals surface area contributed by atoms with Crippen LogP contribution >= 0.6 is 40.1 Å².